The SMILES string of the molecule is COCc1c(OC)c(OC)c(OC)c2c(-c3ccc(OC)c(OC)c3)c(C(=O)OC)c(C(=O)O)c(O)c12. The van der Waals surface area contributed by atoms with E-state index in [4.69, 9.17) is 33.2 Å². The van der Waals surface area contributed by atoms with Gasteiger partial charge in [-0.15, -0.1) is 0 Å². The second-order valence-corrected chi connectivity index (χ2v) is 7.60. The van der Waals surface area contributed by atoms with Gasteiger partial charge in [-0.1, -0.05) is 6.07 Å². The molecule has 3 aromatic rings. The number of fused-ring (bicyclic) bond motifs is 1. The molecule has 0 aromatic heterocycles. The molecule has 0 bridgehead atoms. The lowest BCUT2D eigenvalue weighted by molar-refractivity contribution is 0.0582. The lowest BCUT2D eigenvalue weighted by atomic mass is 9.85. The Morgan fingerprint density at radius 1 is 0.757 bits per heavy atom. The van der Waals surface area contributed by atoms with E-state index in [9.17, 15) is 19.8 Å². The summed E-state index contributed by atoms with van der Waals surface area (Å²) in [6.07, 6.45) is 0. The summed E-state index contributed by atoms with van der Waals surface area (Å²) in [5, 5.41) is 21.7. The van der Waals surface area contributed by atoms with Crippen LogP contribution in [-0.4, -0.2) is 71.9 Å². The average molecular weight is 516 g/mol. The first-order chi connectivity index (χ1) is 17.7. The van der Waals surface area contributed by atoms with Crippen molar-refractivity contribution in [3.63, 3.8) is 0 Å². The molecule has 0 spiro atoms. The van der Waals surface area contributed by atoms with Gasteiger partial charge in [0, 0.05) is 29.0 Å². The minimum absolute atomic E-state index is 0.0335. The molecule has 198 valence electrons. The van der Waals surface area contributed by atoms with E-state index < -0.39 is 28.8 Å². The monoisotopic (exact) mass is 516 g/mol. The molecule has 0 aliphatic heterocycles. The summed E-state index contributed by atoms with van der Waals surface area (Å²) in [5.41, 5.74) is -0.361. The molecule has 11 nitrogen and oxygen atoms in total. The Hall–Kier alpha value is -4.38. The number of carboxylic acid groups (broad SMARTS) is 1. The largest absolute Gasteiger partial charge is 0.506 e. The van der Waals surface area contributed by atoms with Gasteiger partial charge >= 0.3 is 11.9 Å². The molecule has 0 aliphatic rings. The third-order valence-corrected chi connectivity index (χ3v) is 5.87. The van der Waals surface area contributed by atoms with Crippen molar-refractivity contribution in [1.29, 1.82) is 0 Å². The van der Waals surface area contributed by atoms with Gasteiger partial charge in [0.2, 0.25) is 5.75 Å². The van der Waals surface area contributed by atoms with E-state index in [-0.39, 0.29) is 45.8 Å². The first-order valence-electron chi connectivity index (χ1n) is 10.8. The van der Waals surface area contributed by atoms with Gasteiger partial charge in [0.05, 0.1) is 54.8 Å². The molecule has 0 radical (unpaired) electrons. The number of hydrogen-bond donors (Lipinski definition) is 2. The number of phenols is 1. The summed E-state index contributed by atoms with van der Waals surface area (Å²) in [7, 11) is 9.58. The first-order valence-corrected chi connectivity index (χ1v) is 10.8. The molecule has 0 amide bonds. The van der Waals surface area contributed by atoms with E-state index >= 15 is 0 Å². The maximum absolute atomic E-state index is 13.1. The maximum Gasteiger partial charge on any atom is 0.340 e. The van der Waals surface area contributed by atoms with Crippen LogP contribution in [0, 0.1) is 0 Å². The molecule has 0 aliphatic carbocycles. The van der Waals surface area contributed by atoms with Crippen molar-refractivity contribution in [2.75, 3.05) is 49.8 Å². The highest BCUT2D eigenvalue weighted by molar-refractivity contribution is 6.21. The van der Waals surface area contributed by atoms with Crippen molar-refractivity contribution in [3.05, 3.63) is 34.9 Å². The fourth-order valence-electron chi connectivity index (χ4n) is 4.40. The highest BCUT2D eigenvalue weighted by Gasteiger charge is 2.35. The minimum Gasteiger partial charge on any atom is -0.506 e. The van der Waals surface area contributed by atoms with Crippen LogP contribution in [0.3, 0.4) is 0 Å². The summed E-state index contributed by atoms with van der Waals surface area (Å²) >= 11 is 0. The normalized spacial score (nSPS) is 10.7. The Morgan fingerprint density at radius 2 is 1.38 bits per heavy atom. The van der Waals surface area contributed by atoms with Crippen molar-refractivity contribution < 1.29 is 53.0 Å². The topological polar surface area (TPSA) is 139 Å². The van der Waals surface area contributed by atoms with E-state index in [0.29, 0.717) is 17.1 Å². The maximum atomic E-state index is 13.1. The summed E-state index contributed by atoms with van der Waals surface area (Å²) in [4.78, 5) is 25.6. The Bertz CT molecular complexity index is 1360. The molecule has 11 heteroatoms. The van der Waals surface area contributed by atoms with Crippen molar-refractivity contribution in [3.8, 4) is 45.6 Å². The van der Waals surface area contributed by atoms with Gasteiger partial charge in [-0.3, -0.25) is 0 Å². The van der Waals surface area contributed by atoms with E-state index in [2.05, 4.69) is 0 Å². The number of methoxy groups -OCH3 is 7. The predicted molar refractivity (Wildman–Crippen MR) is 133 cm³/mol. The number of esters is 1. The number of aromatic carboxylic acids is 1. The molecular weight excluding hydrogens is 488 g/mol. The van der Waals surface area contributed by atoms with Crippen molar-refractivity contribution in [2.45, 2.75) is 6.61 Å². The smallest absolute Gasteiger partial charge is 0.340 e. The molecule has 0 fully saturated rings. The number of carbonyl (C=O) groups excluding carboxylic acids is 1. The summed E-state index contributed by atoms with van der Waals surface area (Å²) in [5.74, 6) is -2.16. The van der Waals surface area contributed by atoms with Gasteiger partial charge in [-0.05, 0) is 17.7 Å². The zero-order valence-corrected chi connectivity index (χ0v) is 21.5. The third-order valence-electron chi connectivity index (χ3n) is 5.87. The fourth-order valence-corrected chi connectivity index (χ4v) is 4.40. The van der Waals surface area contributed by atoms with Crippen molar-refractivity contribution in [2.24, 2.45) is 0 Å². The molecular formula is C26H28O11. The third kappa shape index (κ3) is 4.38. The molecule has 0 unspecified atom stereocenters. The van der Waals surface area contributed by atoms with E-state index in [1.807, 2.05) is 0 Å². The fraction of sp³-hybridized carbons (Fsp3) is 0.308. The van der Waals surface area contributed by atoms with Gasteiger partial charge in [-0.2, -0.15) is 0 Å². The standard InChI is InChI=1S/C26H28O11/c1-31-11-13-17-18(23(35-5)24(36-6)22(13)34-4)16(12-8-9-14(32-2)15(10-12)33-3)19(26(30)37-7)20(21(17)27)25(28)29/h8-10,27H,11H2,1-7H3,(H,28,29). The van der Waals surface area contributed by atoms with Crippen LogP contribution in [0.1, 0.15) is 26.3 Å². The van der Waals surface area contributed by atoms with Gasteiger partial charge in [0.15, 0.2) is 23.0 Å². The Balaban J connectivity index is 2.81. The zero-order valence-electron chi connectivity index (χ0n) is 21.5. The minimum atomic E-state index is -1.56. The lowest BCUT2D eigenvalue weighted by Gasteiger charge is -2.24. The van der Waals surface area contributed by atoms with Crippen LogP contribution in [-0.2, 0) is 16.1 Å². The van der Waals surface area contributed by atoms with Gasteiger partial charge in [0.25, 0.3) is 0 Å². The predicted octanol–water partition coefficient (Wildman–Crippen LogP) is 3.89. The number of benzene rings is 3. The average Bonchev–Trinajstić information content (AvgIpc) is 2.91. The molecule has 0 heterocycles. The van der Waals surface area contributed by atoms with E-state index in [0.717, 1.165) is 7.11 Å². The van der Waals surface area contributed by atoms with Crippen LogP contribution in [0.5, 0.6) is 34.5 Å². The highest BCUT2D eigenvalue weighted by Crippen LogP contribution is 2.55. The quantitative estimate of drug-likeness (QED) is 0.379. The van der Waals surface area contributed by atoms with Crippen LogP contribution < -0.4 is 23.7 Å². The number of aromatic hydroxyl groups is 1. The van der Waals surface area contributed by atoms with E-state index in [1.165, 1.54) is 42.7 Å². The van der Waals surface area contributed by atoms with E-state index in [1.54, 1.807) is 18.2 Å². The molecule has 2 N–H and O–H groups in total. The lowest BCUT2D eigenvalue weighted by Crippen LogP contribution is -2.14. The molecule has 0 atom stereocenters. The first kappa shape index (κ1) is 27.2. The van der Waals surface area contributed by atoms with Gasteiger partial charge < -0.3 is 43.4 Å². The zero-order chi connectivity index (χ0) is 27.4. The van der Waals surface area contributed by atoms with Gasteiger partial charge in [0.1, 0.15) is 11.3 Å². The number of hydrogen-bond acceptors (Lipinski definition) is 10. The summed E-state index contributed by atoms with van der Waals surface area (Å²) < 4.78 is 37.9. The number of rotatable bonds is 10. The Kier molecular flexibility index (Phi) is 8.18. The second kappa shape index (κ2) is 11.1. The second-order valence-electron chi connectivity index (χ2n) is 7.60. The number of carbonyl (C=O) groups is 2. The molecule has 37 heavy (non-hydrogen) atoms. The molecule has 0 saturated carbocycles. The molecule has 3 rings (SSSR count). The van der Waals surface area contributed by atoms with Crippen LogP contribution in [0.2, 0.25) is 0 Å². The summed E-state index contributed by atoms with van der Waals surface area (Å²) in [6.45, 7) is -0.102. The van der Waals surface area contributed by atoms with Gasteiger partial charge in [-0.25, -0.2) is 9.59 Å². The van der Waals surface area contributed by atoms with Crippen LogP contribution in [0.15, 0.2) is 18.2 Å². The van der Waals surface area contributed by atoms with Crippen LogP contribution in [0.4, 0.5) is 0 Å². The van der Waals surface area contributed by atoms with Crippen molar-refractivity contribution >= 4 is 22.7 Å². The van der Waals surface area contributed by atoms with Crippen LogP contribution in [0.25, 0.3) is 21.9 Å². The molecule has 0 saturated heterocycles. The highest BCUT2D eigenvalue weighted by atomic mass is 16.5. The number of carboxylic acids is 1. The Morgan fingerprint density at radius 3 is 1.86 bits per heavy atom. The summed E-state index contributed by atoms with van der Waals surface area (Å²) in [6, 6.07) is 4.77. The van der Waals surface area contributed by atoms with Crippen LogP contribution >= 0.6 is 0 Å². The van der Waals surface area contributed by atoms with Crippen molar-refractivity contribution in [1.82, 2.24) is 0 Å². The molecule has 3 aromatic carbocycles. The number of ether oxygens (including phenoxy) is 7. The Labute approximate surface area is 213 Å².